The molecule has 26 heavy (non-hydrogen) atoms. The fourth-order valence-electron chi connectivity index (χ4n) is 2.53. The van der Waals surface area contributed by atoms with Crippen LogP contribution in [0.15, 0.2) is 59.5 Å². The van der Waals surface area contributed by atoms with E-state index in [1.807, 2.05) is 0 Å². The number of rotatable bonds is 3. The van der Waals surface area contributed by atoms with Gasteiger partial charge < -0.3 is 10.1 Å². The molecule has 0 saturated carbocycles. The van der Waals surface area contributed by atoms with Crippen molar-refractivity contribution in [3.05, 3.63) is 76.3 Å². The van der Waals surface area contributed by atoms with Crippen molar-refractivity contribution in [2.24, 2.45) is 0 Å². The van der Waals surface area contributed by atoms with Crippen LogP contribution in [0.25, 0.3) is 22.4 Å². The van der Waals surface area contributed by atoms with Gasteiger partial charge in [0, 0.05) is 11.8 Å². The number of aromatic carboxylic acids is 1. The Balaban J connectivity index is 2.16. The topological polar surface area (TPSA) is 83.0 Å². The van der Waals surface area contributed by atoms with Gasteiger partial charge >= 0.3 is 12.1 Å². The molecule has 3 aromatic rings. The Kier molecular flexibility index (Phi) is 4.33. The summed E-state index contributed by atoms with van der Waals surface area (Å²) in [4.78, 5) is 29.1. The van der Waals surface area contributed by atoms with Crippen LogP contribution in [0.1, 0.15) is 16.1 Å². The van der Waals surface area contributed by atoms with E-state index < -0.39 is 23.3 Å². The van der Waals surface area contributed by atoms with Crippen LogP contribution >= 0.6 is 0 Å². The van der Waals surface area contributed by atoms with Crippen molar-refractivity contribution >= 4 is 5.97 Å². The van der Waals surface area contributed by atoms with Gasteiger partial charge in [-0.3, -0.25) is 4.79 Å². The number of H-pyrrole nitrogens is 1. The monoisotopic (exact) mass is 360 g/mol. The number of hydrogen-bond acceptors (Lipinski definition) is 3. The molecule has 0 aliphatic rings. The van der Waals surface area contributed by atoms with Crippen LogP contribution in [0, 0.1) is 0 Å². The van der Waals surface area contributed by atoms with Crippen molar-refractivity contribution in [1.29, 1.82) is 0 Å². The van der Waals surface area contributed by atoms with E-state index in [9.17, 15) is 22.8 Å². The molecule has 0 fully saturated rings. The number of nitrogens with one attached hydrogen (secondary N) is 1. The normalized spacial score (nSPS) is 11.3. The smallest absolute Gasteiger partial charge is 0.417 e. The predicted octanol–water partition coefficient (Wildman–Crippen LogP) is 3.82. The molecule has 5 nitrogen and oxygen atoms in total. The zero-order valence-corrected chi connectivity index (χ0v) is 13.0. The number of nitrogens with zero attached hydrogens (tertiary/aromatic N) is 1. The number of benzene rings is 2. The van der Waals surface area contributed by atoms with Crippen molar-refractivity contribution in [3.63, 3.8) is 0 Å². The van der Waals surface area contributed by atoms with Gasteiger partial charge in [0.05, 0.1) is 5.56 Å². The molecular formula is C18H11F3N2O3. The highest BCUT2D eigenvalue weighted by atomic mass is 19.4. The van der Waals surface area contributed by atoms with Gasteiger partial charge in [0.25, 0.3) is 5.56 Å². The Bertz CT molecular complexity index is 1040. The highest BCUT2D eigenvalue weighted by Crippen LogP contribution is 2.37. The predicted molar refractivity (Wildman–Crippen MR) is 87.7 cm³/mol. The van der Waals surface area contributed by atoms with Gasteiger partial charge in [0.15, 0.2) is 5.69 Å². The standard InChI is InChI=1S/C18H11F3N2O3/c19-18(20,21)13-7-2-1-6-12(13)10-4-3-5-11(8-10)15-16(24)22-9-14(23-15)17(25)26/h1-9H,(H,22,24)(H,25,26). The first-order chi connectivity index (χ1) is 12.3. The SMILES string of the molecule is O=C(O)c1c[nH]c(=O)c(-c2cccc(-c3ccccc3C(F)(F)F)c2)n1. The molecule has 2 aromatic carbocycles. The van der Waals surface area contributed by atoms with Gasteiger partial charge in [-0.15, -0.1) is 0 Å². The summed E-state index contributed by atoms with van der Waals surface area (Å²) < 4.78 is 39.7. The molecule has 0 radical (unpaired) electrons. The van der Waals surface area contributed by atoms with Crippen molar-refractivity contribution in [3.8, 4) is 22.4 Å². The van der Waals surface area contributed by atoms with Crippen LogP contribution in [0.4, 0.5) is 13.2 Å². The highest BCUT2D eigenvalue weighted by Gasteiger charge is 2.33. The summed E-state index contributed by atoms with van der Waals surface area (Å²) in [7, 11) is 0. The van der Waals surface area contributed by atoms with Crippen LogP contribution in [0.2, 0.25) is 0 Å². The largest absolute Gasteiger partial charge is 0.476 e. The number of aromatic nitrogens is 2. The van der Waals surface area contributed by atoms with Gasteiger partial charge in [0.1, 0.15) is 5.69 Å². The summed E-state index contributed by atoms with van der Waals surface area (Å²) >= 11 is 0. The second-order valence-corrected chi connectivity index (χ2v) is 5.39. The second-order valence-electron chi connectivity index (χ2n) is 5.39. The summed E-state index contributed by atoms with van der Waals surface area (Å²) in [5, 5.41) is 9.00. The summed E-state index contributed by atoms with van der Waals surface area (Å²) in [6.45, 7) is 0. The van der Waals surface area contributed by atoms with E-state index in [4.69, 9.17) is 5.11 Å². The molecule has 1 heterocycles. The second kappa shape index (κ2) is 6.47. The van der Waals surface area contributed by atoms with Crippen LogP contribution < -0.4 is 5.56 Å². The summed E-state index contributed by atoms with van der Waals surface area (Å²) in [5.74, 6) is -1.33. The fraction of sp³-hybridized carbons (Fsp3) is 0.0556. The molecule has 8 heteroatoms. The maximum Gasteiger partial charge on any atom is 0.417 e. The Labute approximate surface area is 144 Å². The van der Waals surface area contributed by atoms with Gasteiger partial charge in [0.2, 0.25) is 0 Å². The van der Waals surface area contributed by atoms with E-state index in [0.717, 1.165) is 12.3 Å². The first kappa shape index (κ1) is 17.4. The number of carbonyl (C=O) groups is 1. The third kappa shape index (κ3) is 3.34. The fourth-order valence-corrected chi connectivity index (χ4v) is 2.53. The van der Waals surface area contributed by atoms with Crippen molar-refractivity contribution in [2.45, 2.75) is 6.18 Å². The number of carboxylic acids is 1. The van der Waals surface area contributed by atoms with Crippen LogP contribution in [-0.2, 0) is 6.18 Å². The molecule has 0 spiro atoms. The van der Waals surface area contributed by atoms with Gasteiger partial charge in [-0.25, -0.2) is 9.78 Å². The number of aromatic amines is 1. The van der Waals surface area contributed by atoms with Crippen molar-refractivity contribution in [2.75, 3.05) is 0 Å². The lowest BCUT2D eigenvalue weighted by molar-refractivity contribution is -0.137. The lowest BCUT2D eigenvalue weighted by atomic mass is 9.97. The number of alkyl halides is 3. The van der Waals surface area contributed by atoms with Gasteiger partial charge in [-0.1, -0.05) is 36.4 Å². The number of hydrogen-bond donors (Lipinski definition) is 2. The van der Waals surface area contributed by atoms with Crippen LogP contribution in [-0.4, -0.2) is 21.0 Å². The quantitative estimate of drug-likeness (QED) is 0.744. The number of carboxylic acid groups (broad SMARTS) is 1. The minimum absolute atomic E-state index is 0.0485. The molecular weight excluding hydrogens is 349 g/mol. The lowest BCUT2D eigenvalue weighted by Crippen LogP contribution is -2.15. The highest BCUT2D eigenvalue weighted by molar-refractivity contribution is 5.85. The van der Waals surface area contributed by atoms with E-state index in [1.165, 1.54) is 42.5 Å². The minimum atomic E-state index is -4.54. The molecule has 0 bridgehead atoms. The average Bonchev–Trinajstić information content (AvgIpc) is 2.61. The van der Waals surface area contributed by atoms with Crippen LogP contribution in [0.3, 0.4) is 0 Å². The van der Waals surface area contributed by atoms with Gasteiger partial charge in [-0.2, -0.15) is 13.2 Å². The molecule has 0 unspecified atom stereocenters. The summed E-state index contributed by atoms with van der Waals surface area (Å²) in [5.41, 5.74) is -1.61. The molecule has 0 atom stereocenters. The van der Waals surface area contributed by atoms with E-state index in [-0.39, 0.29) is 28.1 Å². The van der Waals surface area contributed by atoms with E-state index in [2.05, 4.69) is 9.97 Å². The molecule has 1 aromatic heterocycles. The first-order valence-corrected chi connectivity index (χ1v) is 7.37. The van der Waals surface area contributed by atoms with Crippen LogP contribution in [0.5, 0.6) is 0 Å². The minimum Gasteiger partial charge on any atom is -0.476 e. The third-order valence-corrected chi connectivity index (χ3v) is 3.69. The van der Waals surface area contributed by atoms with E-state index in [1.54, 1.807) is 0 Å². The molecule has 0 aliphatic carbocycles. The lowest BCUT2D eigenvalue weighted by Gasteiger charge is -2.13. The third-order valence-electron chi connectivity index (χ3n) is 3.69. The zero-order valence-electron chi connectivity index (χ0n) is 13.0. The maximum absolute atomic E-state index is 13.2. The summed E-state index contributed by atoms with van der Waals surface area (Å²) in [6.07, 6.45) is -3.58. The van der Waals surface area contributed by atoms with E-state index in [0.29, 0.717) is 0 Å². The van der Waals surface area contributed by atoms with Crippen molar-refractivity contribution < 1.29 is 23.1 Å². The first-order valence-electron chi connectivity index (χ1n) is 7.37. The zero-order chi connectivity index (χ0) is 18.9. The molecule has 3 rings (SSSR count). The Morgan fingerprint density at radius 3 is 2.42 bits per heavy atom. The molecule has 2 N–H and O–H groups in total. The molecule has 0 amide bonds. The van der Waals surface area contributed by atoms with E-state index >= 15 is 0 Å². The summed E-state index contributed by atoms with van der Waals surface area (Å²) in [6, 6.07) is 10.9. The molecule has 132 valence electrons. The molecule has 0 aliphatic heterocycles. The van der Waals surface area contributed by atoms with Gasteiger partial charge in [-0.05, 0) is 23.3 Å². The Morgan fingerprint density at radius 2 is 1.73 bits per heavy atom. The maximum atomic E-state index is 13.2. The number of halogens is 3. The Hall–Kier alpha value is -3.42. The van der Waals surface area contributed by atoms with Crippen molar-refractivity contribution in [1.82, 2.24) is 9.97 Å². The Morgan fingerprint density at radius 1 is 1.04 bits per heavy atom. The average molecular weight is 360 g/mol. The molecule has 0 saturated heterocycles.